The van der Waals surface area contributed by atoms with Crippen LogP contribution < -0.4 is 19.2 Å². The lowest BCUT2D eigenvalue weighted by molar-refractivity contribution is -0.119. The number of hydrazone groups is 1. The van der Waals surface area contributed by atoms with Crippen molar-refractivity contribution in [2.45, 2.75) is 4.90 Å². The molecule has 10 heteroatoms. The van der Waals surface area contributed by atoms with Crippen LogP contribution in [0.5, 0.6) is 11.5 Å². The molecule has 0 aromatic heterocycles. The number of para-hydroxylation sites is 1. The lowest BCUT2D eigenvalue weighted by Crippen LogP contribution is -2.40. The van der Waals surface area contributed by atoms with Gasteiger partial charge < -0.3 is 9.47 Å². The molecule has 0 radical (unpaired) electrons. The molecule has 3 aromatic carbocycles. The first-order valence-electron chi connectivity index (χ1n) is 9.73. The summed E-state index contributed by atoms with van der Waals surface area (Å²) in [5.41, 5.74) is 2.63. The van der Waals surface area contributed by atoms with Crippen LogP contribution in [0.4, 0.5) is 10.1 Å². The zero-order valence-corrected chi connectivity index (χ0v) is 18.8. The van der Waals surface area contributed by atoms with Gasteiger partial charge in [0.2, 0.25) is 0 Å². The molecule has 1 N–H and O–H groups in total. The van der Waals surface area contributed by atoms with Gasteiger partial charge in [-0.1, -0.05) is 30.3 Å². The van der Waals surface area contributed by atoms with Gasteiger partial charge in [0.15, 0.2) is 11.5 Å². The molecular formula is C23H22FN3O5S. The maximum absolute atomic E-state index is 14.5. The van der Waals surface area contributed by atoms with Gasteiger partial charge in [-0.05, 0) is 48.0 Å². The van der Waals surface area contributed by atoms with E-state index >= 15 is 0 Å². The number of rotatable bonds is 9. The SMILES string of the molecule is COc1ccc(/C=N\NC(=O)CN(c2ccccc2F)S(=O)(=O)c2ccccc2)cc1OC. The Hall–Kier alpha value is -3.92. The molecule has 0 bridgehead atoms. The second-order valence-corrected chi connectivity index (χ2v) is 8.55. The van der Waals surface area contributed by atoms with E-state index in [1.54, 1.807) is 36.4 Å². The number of ether oxygens (including phenoxy) is 2. The van der Waals surface area contributed by atoms with Gasteiger partial charge in [0, 0.05) is 0 Å². The van der Waals surface area contributed by atoms with Crippen LogP contribution in [0.1, 0.15) is 5.56 Å². The zero-order valence-electron chi connectivity index (χ0n) is 17.9. The fourth-order valence-corrected chi connectivity index (χ4v) is 4.40. The maximum atomic E-state index is 14.5. The van der Waals surface area contributed by atoms with Gasteiger partial charge in [-0.2, -0.15) is 5.10 Å². The summed E-state index contributed by atoms with van der Waals surface area (Å²) in [4.78, 5) is 12.5. The molecule has 0 fully saturated rings. The average Bonchev–Trinajstić information content (AvgIpc) is 2.83. The summed E-state index contributed by atoms with van der Waals surface area (Å²) < 4.78 is 51.9. The smallest absolute Gasteiger partial charge is 0.264 e. The Labute approximate surface area is 191 Å². The summed E-state index contributed by atoms with van der Waals surface area (Å²) in [5, 5.41) is 3.86. The monoisotopic (exact) mass is 471 g/mol. The van der Waals surface area contributed by atoms with Crippen molar-refractivity contribution in [2.75, 3.05) is 25.1 Å². The number of nitrogens with zero attached hydrogens (tertiary/aromatic N) is 2. The van der Waals surface area contributed by atoms with Crippen LogP contribution in [-0.4, -0.2) is 41.3 Å². The molecule has 172 valence electrons. The van der Waals surface area contributed by atoms with Gasteiger partial charge >= 0.3 is 0 Å². The number of amides is 1. The Kier molecular flexibility index (Phi) is 7.62. The highest BCUT2D eigenvalue weighted by molar-refractivity contribution is 7.92. The third-order valence-electron chi connectivity index (χ3n) is 4.55. The summed E-state index contributed by atoms with van der Waals surface area (Å²) in [7, 11) is -1.21. The number of anilines is 1. The molecule has 0 aliphatic carbocycles. The van der Waals surface area contributed by atoms with Crippen molar-refractivity contribution in [1.82, 2.24) is 5.43 Å². The average molecular weight is 472 g/mol. The van der Waals surface area contributed by atoms with Crippen molar-refractivity contribution < 1.29 is 27.1 Å². The minimum absolute atomic E-state index is 0.0742. The molecule has 33 heavy (non-hydrogen) atoms. The second-order valence-electron chi connectivity index (χ2n) is 6.68. The minimum atomic E-state index is -4.22. The Morgan fingerprint density at radius 3 is 2.33 bits per heavy atom. The molecule has 3 aromatic rings. The second kappa shape index (κ2) is 10.6. The quantitative estimate of drug-likeness (QED) is 0.382. The molecular weight excluding hydrogens is 449 g/mol. The molecule has 0 saturated carbocycles. The first-order chi connectivity index (χ1) is 15.9. The van der Waals surface area contributed by atoms with Crippen LogP contribution in [0.25, 0.3) is 0 Å². The zero-order chi connectivity index (χ0) is 23.8. The summed E-state index contributed by atoms with van der Waals surface area (Å²) in [6, 6.07) is 17.8. The van der Waals surface area contributed by atoms with Crippen molar-refractivity contribution in [3.8, 4) is 11.5 Å². The van der Waals surface area contributed by atoms with Crippen LogP contribution in [0, 0.1) is 5.82 Å². The van der Waals surface area contributed by atoms with Crippen LogP contribution >= 0.6 is 0 Å². The number of nitrogens with one attached hydrogen (secondary N) is 1. The van der Waals surface area contributed by atoms with Gasteiger partial charge in [-0.25, -0.2) is 18.2 Å². The number of hydrogen-bond acceptors (Lipinski definition) is 6. The van der Waals surface area contributed by atoms with E-state index in [2.05, 4.69) is 10.5 Å². The van der Waals surface area contributed by atoms with Crippen molar-refractivity contribution in [3.05, 3.63) is 84.2 Å². The largest absolute Gasteiger partial charge is 0.493 e. The number of carbonyl (C=O) groups is 1. The standard InChI is InChI=1S/C23H22FN3O5S/c1-31-21-13-12-17(14-22(21)32-2)15-25-26-23(28)16-27(20-11-7-6-10-19(20)24)33(29,30)18-8-4-3-5-9-18/h3-15H,16H2,1-2H3,(H,26,28)/b25-15-. The number of methoxy groups -OCH3 is 2. The predicted octanol–water partition coefficient (Wildman–Crippen LogP) is 3.19. The number of halogens is 1. The highest BCUT2D eigenvalue weighted by Gasteiger charge is 2.28. The molecule has 3 rings (SSSR count). The van der Waals surface area contributed by atoms with E-state index in [0.717, 1.165) is 6.07 Å². The van der Waals surface area contributed by atoms with E-state index in [0.29, 0.717) is 21.4 Å². The molecule has 0 atom stereocenters. The van der Waals surface area contributed by atoms with Crippen molar-refractivity contribution >= 4 is 27.8 Å². The number of benzene rings is 3. The lowest BCUT2D eigenvalue weighted by atomic mass is 10.2. The van der Waals surface area contributed by atoms with Crippen LogP contribution in [0.2, 0.25) is 0 Å². The minimum Gasteiger partial charge on any atom is -0.493 e. The highest BCUT2D eigenvalue weighted by Crippen LogP contribution is 2.27. The molecule has 8 nitrogen and oxygen atoms in total. The topological polar surface area (TPSA) is 97.3 Å². The molecule has 1 amide bonds. The fourth-order valence-electron chi connectivity index (χ4n) is 2.95. The summed E-state index contributed by atoms with van der Waals surface area (Å²) in [5.74, 6) is -0.522. The summed E-state index contributed by atoms with van der Waals surface area (Å²) >= 11 is 0. The Morgan fingerprint density at radius 2 is 1.67 bits per heavy atom. The van der Waals surface area contributed by atoms with Gasteiger partial charge in [0.1, 0.15) is 12.4 Å². The molecule has 0 aliphatic rings. The van der Waals surface area contributed by atoms with E-state index in [-0.39, 0.29) is 10.6 Å². The predicted molar refractivity (Wildman–Crippen MR) is 123 cm³/mol. The Morgan fingerprint density at radius 1 is 1.00 bits per heavy atom. The van der Waals surface area contributed by atoms with Crippen molar-refractivity contribution in [2.24, 2.45) is 5.10 Å². The summed E-state index contributed by atoms with van der Waals surface area (Å²) in [6.45, 7) is -0.679. The third kappa shape index (κ3) is 5.66. The highest BCUT2D eigenvalue weighted by atomic mass is 32.2. The van der Waals surface area contributed by atoms with Gasteiger partial charge in [-0.3, -0.25) is 9.10 Å². The first kappa shape index (κ1) is 23.7. The van der Waals surface area contributed by atoms with E-state index in [4.69, 9.17) is 9.47 Å². The molecule has 0 heterocycles. The van der Waals surface area contributed by atoms with E-state index in [1.807, 2.05) is 0 Å². The lowest BCUT2D eigenvalue weighted by Gasteiger charge is -2.24. The number of sulfonamides is 1. The van der Waals surface area contributed by atoms with Crippen molar-refractivity contribution in [1.29, 1.82) is 0 Å². The van der Waals surface area contributed by atoms with Gasteiger partial charge in [0.25, 0.3) is 15.9 Å². The number of carbonyl (C=O) groups excluding carboxylic acids is 1. The fraction of sp³-hybridized carbons (Fsp3) is 0.130. The first-order valence-corrected chi connectivity index (χ1v) is 11.2. The van der Waals surface area contributed by atoms with Gasteiger partial charge in [-0.15, -0.1) is 0 Å². The molecule has 0 saturated heterocycles. The van der Waals surface area contributed by atoms with Gasteiger partial charge in [0.05, 0.1) is 31.0 Å². The van der Waals surface area contributed by atoms with Crippen LogP contribution in [0.15, 0.2) is 82.8 Å². The van der Waals surface area contributed by atoms with E-state index in [1.165, 1.54) is 50.8 Å². The molecule has 0 unspecified atom stereocenters. The number of hydrogen-bond donors (Lipinski definition) is 1. The normalized spacial score (nSPS) is 11.2. The Balaban J connectivity index is 1.81. The van der Waals surface area contributed by atoms with E-state index < -0.39 is 28.3 Å². The van der Waals surface area contributed by atoms with E-state index in [9.17, 15) is 17.6 Å². The van der Waals surface area contributed by atoms with Crippen molar-refractivity contribution in [3.63, 3.8) is 0 Å². The van der Waals surface area contributed by atoms with Crippen LogP contribution in [-0.2, 0) is 14.8 Å². The Bertz CT molecular complexity index is 1250. The maximum Gasteiger partial charge on any atom is 0.264 e. The third-order valence-corrected chi connectivity index (χ3v) is 6.32. The molecule has 0 spiro atoms. The molecule has 0 aliphatic heterocycles. The van der Waals surface area contributed by atoms with Crippen LogP contribution in [0.3, 0.4) is 0 Å². The summed E-state index contributed by atoms with van der Waals surface area (Å²) in [6.07, 6.45) is 1.36.